The molecule has 1 aliphatic rings. The first-order chi connectivity index (χ1) is 12.0. The Morgan fingerprint density at radius 3 is 2.24 bits per heavy atom. The molecule has 25 heavy (non-hydrogen) atoms. The van der Waals surface area contributed by atoms with Gasteiger partial charge in [-0.3, -0.25) is 4.79 Å². The Morgan fingerprint density at radius 1 is 0.960 bits per heavy atom. The van der Waals surface area contributed by atoms with Crippen molar-refractivity contribution in [3.05, 3.63) is 57.7 Å². The molecule has 2 aromatic rings. The van der Waals surface area contributed by atoms with E-state index >= 15 is 0 Å². The fourth-order valence-electron chi connectivity index (χ4n) is 2.81. The van der Waals surface area contributed by atoms with Crippen molar-refractivity contribution >= 4 is 44.2 Å². The van der Waals surface area contributed by atoms with Gasteiger partial charge in [0, 0.05) is 22.3 Å². The molecule has 132 valence electrons. The van der Waals surface area contributed by atoms with Crippen LogP contribution in [0.5, 0.6) is 0 Å². The summed E-state index contributed by atoms with van der Waals surface area (Å²) in [5.41, 5.74) is 1.16. The van der Waals surface area contributed by atoms with Gasteiger partial charge in [-0.05, 0) is 71.8 Å². The summed E-state index contributed by atoms with van der Waals surface area (Å²) in [6.45, 7) is 1.15. The topological polar surface area (TPSA) is 66.5 Å². The van der Waals surface area contributed by atoms with E-state index in [0.717, 1.165) is 22.8 Å². The molecule has 1 amide bonds. The van der Waals surface area contributed by atoms with Crippen molar-refractivity contribution in [3.63, 3.8) is 0 Å². The first-order valence-corrected chi connectivity index (χ1v) is 10.7. The normalized spacial score (nSPS) is 15.7. The Kier molecular flexibility index (Phi) is 5.75. The maximum atomic E-state index is 12.6. The zero-order chi connectivity index (χ0) is 17.9. The Morgan fingerprint density at radius 2 is 1.60 bits per heavy atom. The predicted octanol–water partition coefficient (Wildman–Crippen LogP) is 3.72. The number of carbonyl (C=O) groups excluding carboxylic acids is 1. The molecule has 3 rings (SSSR count). The number of nitrogens with zero attached hydrogens (tertiary/aromatic N) is 1. The van der Waals surface area contributed by atoms with Crippen molar-refractivity contribution in [1.82, 2.24) is 4.31 Å². The van der Waals surface area contributed by atoms with E-state index < -0.39 is 10.0 Å². The van der Waals surface area contributed by atoms with Crippen LogP contribution in [0.1, 0.15) is 29.6 Å². The molecular formula is C18H19IN2O3S. The average Bonchev–Trinajstić information content (AvgIpc) is 2.63. The van der Waals surface area contributed by atoms with Gasteiger partial charge in [0.1, 0.15) is 0 Å². The van der Waals surface area contributed by atoms with Crippen LogP contribution in [0.3, 0.4) is 0 Å². The molecule has 0 aliphatic carbocycles. The first kappa shape index (κ1) is 18.3. The van der Waals surface area contributed by atoms with Crippen LogP contribution in [-0.2, 0) is 10.0 Å². The molecule has 7 heteroatoms. The van der Waals surface area contributed by atoms with E-state index in [4.69, 9.17) is 0 Å². The summed E-state index contributed by atoms with van der Waals surface area (Å²) in [7, 11) is -3.45. The Hall–Kier alpha value is -1.45. The van der Waals surface area contributed by atoms with Crippen LogP contribution in [0.15, 0.2) is 53.4 Å². The Labute approximate surface area is 161 Å². The lowest BCUT2D eigenvalue weighted by molar-refractivity contribution is 0.102. The Bertz CT molecular complexity index is 860. The molecule has 1 aliphatic heterocycles. The number of piperidine rings is 1. The lowest BCUT2D eigenvalue weighted by Crippen LogP contribution is -2.35. The summed E-state index contributed by atoms with van der Waals surface area (Å²) >= 11 is 2.11. The Balaban J connectivity index is 1.74. The van der Waals surface area contributed by atoms with Gasteiger partial charge in [-0.15, -0.1) is 0 Å². The van der Waals surface area contributed by atoms with E-state index in [-0.39, 0.29) is 10.8 Å². The highest BCUT2D eigenvalue weighted by molar-refractivity contribution is 14.1. The smallest absolute Gasteiger partial charge is 0.256 e. The second-order valence-corrected chi connectivity index (χ2v) is 9.02. The third kappa shape index (κ3) is 4.21. The molecule has 0 atom stereocenters. The summed E-state index contributed by atoms with van der Waals surface area (Å²) in [6.07, 6.45) is 2.89. The number of sulfonamides is 1. The standard InChI is InChI=1S/C18H19IN2O3S/c19-17-7-3-2-6-16(17)18(22)20-14-8-10-15(11-9-14)25(23,24)21-12-4-1-5-13-21/h2-3,6-11H,1,4-5,12-13H2,(H,20,22). The minimum atomic E-state index is -3.45. The number of halogens is 1. The molecule has 1 saturated heterocycles. The SMILES string of the molecule is O=C(Nc1ccc(S(=O)(=O)N2CCCCC2)cc1)c1ccccc1I. The number of nitrogens with one attached hydrogen (secondary N) is 1. The molecular weight excluding hydrogens is 451 g/mol. The maximum Gasteiger partial charge on any atom is 0.256 e. The van der Waals surface area contributed by atoms with Crippen LogP contribution in [0, 0.1) is 3.57 Å². The highest BCUT2D eigenvalue weighted by atomic mass is 127. The largest absolute Gasteiger partial charge is 0.322 e. The van der Waals surface area contributed by atoms with Crippen molar-refractivity contribution in [3.8, 4) is 0 Å². The summed E-state index contributed by atoms with van der Waals surface area (Å²) in [4.78, 5) is 12.6. The second kappa shape index (κ2) is 7.84. The molecule has 2 aromatic carbocycles. The van der Waals surface area contributed by atoms with Crippen LogP contribution in [0.25, 0.3) is 0 Å². The van der Waals surface area contributed by atoms with Gasteiger partial charge in [-0.25, -0.2) is 8.42 Å². The summed E-state index contributed by atoms with van der Waals surface area (Å²) in [6, 6.07) is 13.7. The molecule has 0 spiro atoms. The van der Waals surface area contributed by atoms with E-state index in [1.165, 1.54) is 4.31 Å². The van der Waals surface area contributed by atoms with Gasteiger partial charge in [0.15, 0.2) is 0 Å². The molecule has 1 heterocycles. The van der Waals surface area contributed by atoms with Gasteiger partial charge in [-0.1, -0.05) is 18.6 Å². The third-order valence-corrected chi connectivity index (χ3v) is 7.04. The van der Waals surface area contributed by atoms with Crippen LogP contribution < -0.4 is 5.32 Å². The van der Waals surface area contributed by atoms with E-state index in [1.807, 2.05) is 18.2 Å². The lowest BCUT2D eigenvalue weighted by atomic mass is 10.2. The first-order valence-electron chi connectivity index (χ1n) is 8.14. The minimum absolute atomic E-state index is 0.211. The van der Waals surface area contributed by atoms with Crippen LogP contribution in [0.2, 0.25) is 0 Å². The number of hydrogen-bond acceptors (Lipinski definition) is 3. The van der Waals surface area contributed by atoms with E-state index in [9.17, 15) is 13.2 Å². The number of carbonyl (C=O) groups is 1. The van der Waals surface area contributed by atoms with E-state index in [0.29, 0.717) is 24.3 Å². The number of anilines is 1. The summed E-state index contributed by atoms with van der Waals surface area (Å²) in [5.74, 6) is -0.211. The molecule has 1 N–H and O–H groups in total. The van der Waals surface area contributed by atoms with Crippen molar-refractivity contribution in [2.75, 3.05) is 18.4 Å². The van der Waals surface area contributed by atoms with Crippen molar-refractivity contribution in [1.29, 1.82) is 0 Å². The van der Waals surface area contributed by atoms with Crippen LogP contribution in [-0.4, -0.2) is 31.7 Å². The maximum absolute atomic E-state index is 12.6. The number of benzene rings is 2. The molecule has 5 nitrogen and oxygen atoms in total. The number of amides is 1. The average molecular weight is 470 g/mol. The monoisotopic (exact) mass is 470 g/mol. The fourth-order valence-corrected chi connectivity index (χ4v) is 4.96. The number of hydrogen-bond donors (Lipinski definition) is 1. The highest BCUT2D eigenvalue weighted by Crippen LogP contribution is 2.22. The quantitative estimate of drug-likeness (QED) is 0.693. The van der Waals surface area contributed by atoms with E-state index in [2.05, 4.69) is 27.9 Å². The molecule has 1 fully saturated rings. The zero-order valence-electron chi connectivity index (χ0n) is 13.6. The van der Waals surface area contributed by atoms with Gasteiger partial charge in [0.2, 0.25) is 10.0 Å². The van der Waals surface area contributed by atoms with Crippen molar-refractivity contribution in [2.24, 2.45) is 0 Å². The van der Waals surface area contributed by atoms with Crippen molar-refractivity contribution in [2.45, 2.75) is 24.2 Å². The van der Waals surface area contributed by atoms with Gasteiger partial charge in [0.25, 0.3) is 5.91 Å². The molecule has 0 aromatic heterocycles. The van der Waals surface area contributed by atoms with E-state index in [1.54, 1.807) is 30.3 Å². The van der Waals surface area contributed by atoms with Gasteiger partial charge >= 0.3 is 0 Å². The predicted molar refractivity (Wildman–Crippen MR) is 106 cm³/mol. The minimum Gasteiger partial charge on any atom is -0.322 e. The van der Waals surface area contributed by atoms with Crippen LogP contribution in [0.4, 0.5) is 5.69 Å². The summed E-state index contributed by atoms with van der Waals surface area (Å²) in [5, 5.41) is 2.81. The molecule has 0 saturated carbocycles. The van der Waals surface area contributed by atoms with Gasteiger partial charge in [0.05, 0.1) is 10.5 Å². The highest BCUT2D eigenvalue weighted by Gasteiger charge is 2.25. The lowest BCUT2D eigenvalue weighted by Gasteiger charge is -2.25. The molecule has 0 radical (unpaired) electrons. The van der Waals surface area contributed by atoms with Crippen molar-refractivity contribution < 1.29 is 13.2 Å². The van der Waals surface area contributed by atoms with Crippen LogP contribution >= 0.6 is 22.6 Å². The number of rotatable bonds is 4. The van der Waals surface area contributed by atoms with Gasteiger partial charge < -0.3 is 5.32 Å². The fraction of sp³-hybridized carbons (Fsp3) is 0.278. The summed E-state index contributed by atoms with van der Waals surface area (Å²) < 4.78 is 27.6. The third-order valence-electron chi connectivity index (χ3n) is 4.18. The van der Waals surface area contributed by atoms with Gasteiger partial charge in [-0.2, -0.15) is 4.31 Å². The zero-order valence-corrected chi connectivity index (χ0v) is 16.6. The second-order valence-electron chi connectivity index (χ2n) is 5.92. The molecule has 0 unspecified atom stereocenters. The molecule has 0 bridgehead atoms.